The van der Waals surface area contributed by atoms with E-state index in [0.717, 1.165) is 6.92 Å². The van der Waals surface area contributed by atoms with E-state index < -0.39 is 127 Å². The number of aromatic amines is 2. The van der Waals surface area contributed by atoms with Gasteiger partial charge in [0.1, 0.15) is 36.3 Å². The van der Waals surface area contributed by atoms with Crippen LogP contribution >= 0.6 is 0 Å². The number of aliphatic hydroxyl groups is 1. The Bertz CT molecular complexity index is 1820. The van der Waals surface area contributed by atoms with Crippen LogP contribution in [-0.2, 0) is 56.0 Å². The Morgan fingerprint density at radius 2 is 0.952 bits per heavy atom. The van der Waals surface area contributed by atoms with Gasteiger partial charge in [0, 0.05) is 49.5 Å². The molecule has 344 valence electrons. The number of H-pyrrole nitrogens is 2. The van der Waals surface area contributed by atoms with Crippen LogP contribution in [0.25, 0.3) is 0 Å². The minimum absolute atomic E-state index is 0.0108. The second-order valence-electron chi connectivity index (χ2n) is 15.7. The molecular formula is C38H59N11O13. The number of aliphatic carboxylic acids is 3. The zero-order valence-corrected chi connectivity index (χ0v) is 35.2. The third kappa shape index (κ3) is 18.5. The number of nitrogens with one attached hydrogen (secondary N) is 8. The van der Waals surface area contributed by atoms with Gasteiger partial charge in [-0.3, -0.25) is 38.4 Å². The summed E-state index contributed by atoms with van der Waals surface area (Å²) in [5, 5.41) is 53.5. The number of rotatable bonds is 28. The van der Waals surface area contributed by atoms with Crippen molar-refractivity contribution in [1.29, 1.82) is 0 Å². The average Bonchev–Trinajstić information content (AvgIpc) is 3.90. The normalized spacial score (nSPS) is 15.1. The fraction of sp³-hybridized carbons (Fsp3) is 0.605. The third-order valence-corrected chi connectivity index (χ3v) is 9.23. The molecule has 0 saturated heterocycles. The lowest BCUT2D eigenvalue weighted by Crippen LogP contribution is -2.62. The van der Waals surface area contributed by atoms with Gasteiger partial charge in [0.2, 0.25) is 35.4 Å². The second-order valence-corrected chi connectivity index (χ2v) is 15.7. The molecule has 0 spiro atoms. The average molecular weight is 878 g/mol. The van der Waals surface area contributed by atoms with E-state index in [-0.39, 0.29) is 37.5 Å². The van der Waals surface area contributed by atoms with Gasteiger partial charge in [-0.05, 0) is 44.4 Å². The molecule has 2 aromatic heterocycles. The second kappa shape index (κ2) is 25.4. The van der Waals surface area contributed by atoms with E-state index in [0.29, 0.717) is 11.4 Å². The van der Waals surface area contributed by atoms with Gasteiger partial charge in [-0.2, -0.15) is 0 Å². The highest BCUT2D eigenvalue weighted by Gasteiger charge is 2.36. The summed E-state index contributed by atoms with van der Waals surface area (Å²) in [5.41, 5.74) is 7.00. The first kappa shape index (κ1) is 51.7. The summed E-state index contributed by atoms with van der Waals surface area (Å²) in [4.78, 5) is 129. The Morgan fingerprint density at radius 3 is 1.35 bits per heavy atom. The summed E-state index contributed by atoms with van der Waals surface area (Å²) in [6.07, 6.45) is 1.48. The first-order valence-electron chi connectivity index (χ1n) is 19.9. The first-order valence-corrected chi connectivity index (χ1v) is 19.9. The van der Waals surface area contributed by atoms with Crippen molar-refractivity contribution >= 4 is 53.4 Å². The summed E-state index contributed by atoms with van der Waals surface area (Å²) in [6.45, 7) is 8.07. The SMILES string of the molecule is CC(C)C[C@H](NC(=O)[C@H](CCC(=O)O)NC(=O)[C@@H](NC(=O)[C@H](CCC(=O)O)NC(=O)[C@H](CC(C)C)NC(=O)[C@@H](N)Cc1cnc[nH]1)[C@@H](C)O)C(=O)N[C@@H](Cc1cnc[nH]1)C(=O)O. The molecule has 0 aromatic carbocycles. The lowest BCUT2D eigenvalue weighted by atomic mass is 10.0. The topological polar surface area (TPSA) is 390 Å². The number of imidazole rings is 2. The molecule has 14 N–H and O–H groups in total. The number of carboxylic acid groups (broad SMARTS) is 3. The highest BCUT2D eigenvalue weighted by Crippen LogP contribution is 2.11. The number of aliphatic hydroxyl groups excluding tert-OH is 1. The van der Waals surface area contributed by atoms with Gasteiger partial charge in [-0.15, -0.1) is 0 Å². The lowest BCUT2D eigenvalue weighted by Gasteiger charge is -2.29. The molecule has 8 atom stereocenters. The number of aromatic nitrogens is 4. The zero-order valence-electron chi connectivity index (χ0n) is 35.2. The van der Waals surface area contributed by atoms with Crippen molar-refractivity contribution in [2.75, 3.05) is 0 Å². The van der Waals surface area contributed by atoms with Crippen LogP contribution in [0.2, 0.25) is 0 Å². The van der Waals surface area contributed by atoms with Crippen molar-refractivity contribution in [2.24, 2.45) is 17.6 Å². The number of hydrogen-bond donors (Lipinski definition) is 13. The van der Waals surface area contributed by atoms with Gasteiger partial charge in [0.15, 0.2) is 0 Å². The maximum absolute atomic E-state index is 13.7. The summed E-state index contributed by atoms with van der Waals surface area (Å²) in [6, 6.07) is -10.3. The third-order valence-electron chi connectivity index (χ3n) is 9.23. The van der Waals surface area contributed by atoms with E-state index in [9.17, 15) is 63.6 Å². The molecule has 0 bridgehead atoms. The van der Waals surface area contributed by atoms with Gasteiger partial charge in [-0.1, -0.05) is 27.7 Å². The molecule has 0 aliphatic carbocycles. The molecule has 0 fully saturated rings. The molecule has 0 unspecified atom stereocenters. The Labute approximate surface area is 356 Å². The van der Waals surface area contributed by atoms with Gasteiger partial charge in [0.05, 0.1) is 24.8 Å². The van der Waals surface area contributed by atoms with Gasteiger partial charge in [-0.25, -0.2) is 14.8 Å². The van der Waals surface area contributed by atoms with E-state index in [1.807, 2.05) is 0 Å². The Balaban J connectivity index is 2.30. The van der Waals surface area contributed by atoms with Crippen LogP contribution in [0, 0.1) is 11.8 Å². The minimum Gasteiger partial charge on any atom is -0.481 e. The molecule has 6 amide bonds. The number of nitrogens with zero attached hydrogens (tertiary/aromatic N) is 2. The van der Waals surface area contributed by atoms with Crippen molar-refractivity contribution in [2.45, 2.75) is 134 Å². The fourth-order valence-electron chi connectivity index (χ4n) is 6.04. The number of nitrogens with two attached hydrogens (primary N) is 1. The Hall–Kier alpha value is -6.43. The maximum atomic E-state index is 13.7. The molecule has 0 aliphatic rings. The van der Waals surface area contributed by atoms with Crippen LogP contribution in [0.3, 0.4) is 0 Å². The number of carbonyl (C=O) groups excluding carboxylic acids is 6. The van der Waals surface area contributed by atoms with E-state index in [4.69, 9.17) is 5.73 Å². The smallest absolute Gasteiger partial charge is 0.326 e. The van der Waals surface area contributed by atoms with Crippen molar-refractivity contribution < 1.29 is 63.6 Å². The molecule has 2 aromatic rings. The summed E-state index contributed by atoms with van der Waals surface area (Å²) >= 11 is 0. The predicted octanol–water partition coefficient (Wildman–Crippen LogP) is -2.56. The standard InChI is InChI=1S/C38H59N11O13/c1-18(2)10-26(46-32(55)23(39)12-21-14-40-16-42-21)35(58)44-25(7-9-30(53)54)34(57)49-31(20(5)50)37(60)45-24(6-8-29(51)52)33(56)47-27(11-19(3)4)36(59)48-28(38(61)62)13-22-15-41-17-43-22/h14-20,23-28,31,50H,6-13,39H2,1-5H3,(H,40,42)(H,41,43)(H,44,58)(H,45,60)(H,46,55)(H,47,56)(H,48,59)(H,49,57)(H,51,52)(H,53,54)(H,61,62)/t20-,23+,24+,25+,26+,27+,28+,31+/m1/s1. The van der Waals surface area contributed by atoms with E-state index in [2.05, 4.69) is 51.8 Å². The van der Waals surface area contributed by atoms with Crippen LogP contribution in [0.4, 0.5) is 0 Å². The predicted molar refractivity (Wildman–Crippen MR) is 216 cm³/mol. The van der Waals surface area contributed by atoms with E-state index >= 15 is 0 Å². The quantitative estimate of drug-likeness (QED) is 0.0418. The van der Waals surface area contributed by atoms with Crippen LogP contribution in [0.15, 0.2) is 25.0 Å². The maximum Gasteiger partial charge on any atom is 0.326 e. The lowest BCUT2D eigenvalue weighted by molar-refractivity contribution is -0.142. The van der Waals surface area contributed by atoms with E-state index in [1.54, 1.807) is 27.7 Å². The fourth-order valence-corrected chi connectivity index (χ4v) is 6.04. The van der Waals surface area contributed by atoms with Crippen molar-refractivity contribution in [3.05, 3.63) is 36.4 Å². The molecule has 24 heteroatoms. The van der Waals surface area contributed by atoms with Crippen LogP contribution in [0.1, 0.15) is 84.5 Å². The first-order chi connectivity index (χ1) is 29.1. The number of carboxylic acids is 3. The zero-order chi connectivity index (χ0) is 46.7. The molecule has 2 rings (SSSR count). The molecule has 0 saturated carbocycles. The van der Waals surface area contributed by atoms with Crippen LogP contribution in [0.5, 0.6) is 0 Å². The molecule has 62 heavy (non-hydrogen) atoms. The van der Waals surface area contributed by atoms with Crippen molar-refractivity contribution in [1.82, 2.24) is 51.8 Å². The Kier molecular flexibility index (Phi) is 21.2. The molecule has 0 radical (unpaired) electrons. The molecular weight excluding hydrogens is 818 g/mol. The van der Waals surface area contributed by atoms with Crippen molar-refractivity contribution in [3.8, 4) is 0 Å². The monoisotopic (exact) mass is 877 g/mol. The summed E-state index contributed by atoms with van der Waals surface area (Å²) < 4.78 is 0. The summed E-state index contributed by atoms with van der Waals surface area (Å²) in [5.74, 6) is -10.3. The van der Waals surface area contributed by atoms with E-state index in [1.165, 1.54) is 25.0 Å². The minimum atomic E-state index is -1.87. The van der Waals surface area contributed by atoms with Crippen molar-refractivity contribution in [3.63, 3.8) is 0 Å². The molecule has 2 heterocycles. The summed E-state index contributed by atoms with van der Waals surface area (Å²) in [7, 11) is 0. The largest absolute Gasteiger partial charge is 0.481 e. The van der Waals surface area contributed by atoms with Crippen LogP contribution < -0.4 is 37.6 Å². The van der Waals surface area contributed by atoms with Gasteiger partial charge in [0.25, 0.3) is 0 Å². The number of hydrogen-bond acceptors (Lipinski definition) is 13. The Morgan fingerprint density at radius 1 is 0.565 bits per heavy atom. The van der Waals surface area contributed by atoms with Gasteiger partial charge >= 0.3 is 17.9 Å². The number of carbonyl (C=O) groups is 9. The molecule has 24 nitrogen and oxygen atoms in total. The van der Waals surface area contributed by atoms with Gasteiger partial charge < -0.3 is 68.0 Å². The number of amides is 6. The highest BCUT2D eigenvalue weighted by atomic mass is 16.4. The molecule has 0 aliphatic heterocycles. The highest BCUT2D eigenvalue weighted by molar-refractivity contribution is 5.97. The van der Waals surface area contributed by atoms with Crippen LogP contribution in [-0.4, -0.2) is 142 Å².